The summed E-state index contributed by atoms with van der Waals surface area (Å²) < 4.78 is 75.0. The molecule has 0 rings (SSSR count). The first-order chi connectivity index (χ1) is 10.0. The van der Waals surface area contributed by atoms with Crippen LogP contribution in [0.4, 0.5) is 0 Å². The molecule has 12 heteroatoms. The predicted molar refractivity (Wildman–Crippen MR) is 39.3 cm³/mol. The Bertz CT molecular complexity index is 177. The van der Waals surface area contributed by atoms with E-state index in [9.17, 15) is 0 Å². The Morgan fingerprint density at radius 3 is 0.182 bits per heavy atom. The number of hydrogen-bond acceptors (Lipinski definition) is 0. The van der Waals surface area contributed by atoms with Crippen LogP contribution in [0.5, 0.6) is 0 Å². The van der Waals surface area contributed by atoms with Crippen molar-refractivity contribution >= 4 is 0 Å². The molecule has 0 bridgehead atoms. The molecule has 0 aromatic rings. The molecule has 0 aromatic heterocycles. The van der Waals surface area contributed by atoms with E-state index in [-0.39, 0.29) is 34.1 Å². The van der Waals surface area contributed by atoms with Crippen LogP contribution in [0, 0.1) is 66.5 Å². The molecule has 0 fully saturated rings. The predicted octanol–water partition coefficient (Wildman–Crippen LogP) is -0.380. The third-order valence-corrected chi connectivity index (χ3v) is 0. The van der Waals surface area contributed by atoms with Gasteiger partial charge in [-0.25, -0.2) is 0 Å². The zero-order valence-corrected chi connectivity index (χ0v) is 12.0. The van der Waals surface area contributed by atoms with Crippen LogP contribution in [-0.4, -0.2) is 0 Å². The van der Waals surface area contributed by atoms with E-state index >= 15 is 0 Å². The monoisotopic (exact) mass is 392 g/mol. The van der Waals surface area contributed by atoms with Crippen LogP contribution in [0.25, 0.3) is 0 Å². The molecule has 0 aromatic carbocycles. The minimum atomic E-state index is 0. The second-order valence-electron chi connectivity index (χ2n) is 0. The SMILES string of the molecule is [C-]#[O+].[C-]#[O+].[C-]#[O+].[C-]#[O+].[C-]#[O+].[C-]#[O+].[C-]#[O+].[C-]#[O+].[C-]#[O+].[C-]#[O+].[Fe].[Fe]. The summed E-state index contributed by atoms with van der Waals surface area (Å²) in [5.74, 6) is 0. The van der Waals surface area contributed by atoms with Crippen LogP contribution >= 0.6 is 0 Å². The van der Waals surface area contributed by atoms with Crippen molar-refractivity contribution in [3.63, 3.8) is 0 Å². The van der Waals surface area contributed by atoms with E-state index in [1.165, 1.54) is 0 Å². The van der Waals surface area contributed by atoms with Gasteiger partial charge in [0.05, 0.1) is 0 Å². The molecule has 0 radical (unpaired) electrons. The summed E-state index contributed by atoms with van der Waals surface area (Å²) in [6.45, 7) is 45.0. The van der Waals surface area contributed by atoms with Gasteiger partial charge >= 0.3 is 113 Å². The van der Waals surface area contributed by atoms with E-state index in [2.05, 4.69) is 66.5 Å². The first kappa shape index (κ1) is 108. The summed E-state index contributed by atoms with van der Waals surface area (Å²) in [7, 11) is 0. The van der Waals surface area contributed by atoms with Gasteiger partial charge in [-0.1, -0.05) is 0 Å². The van der Waals surface area contributed by atoms with Crippen molar-refractivity contribution in [2.45, 2.75) is 0 Å². The van der Waals surface area contributed by atoms with Crippen molar-refractivity contribution in [3.8, 4) is 0 Å². The maximum Gasteiger partial charge on any atom is 0 e. The molecule has 0 amide bonds. The Labute approximate surface area is 147 Å². The Kier molecular flexibility index (Phi) is 13400. The minimum absolute atomic E-state index is 0. The molecule has 0 unspecified atom stereocenters. The Hall–Kier alpha value is -1.56. The molecule has 0 saturated carbocycles. The maximum absolute atomic E-state index is 7.50. The molecule has 116 valence electrons. The van der Waals surface area contributed by atoms with E-state index in [0.717, 1.165) is 0 Å². The maximum atomic E-state index is 7.50. The van der Waals surface area contributed by atoms with Crippen LogP contribution in [0.3, 0.4) is 0 Å². The largest absolute Gasteiger partial charge is 0 e. The molecule has 0 aliphatic rings. The standard InChI is InChI=1S/10CO.2Fe/c10*1-2;;. The topological polar surface area (TPSA) is 199 Å². The van der Waals surface area contributed by atoms with Gasteiger partial charge in [0.15, 0.2) is 0 Å². The Morgan fingerprint density at radius 1 is 0.182 bits per heavy atom. The Morgan fingerprint density at radius 2 is 0.182 bits per heavy atom. The molecule has 0 aliphatic heterocycles. The van der Waals surface area contributed by atoms with Crippen LogP contribution in [0.1, 0.15) is 0 Å². The summed E-state index contributed by atoms with van der Waals surface area (Å²) >= 11 is 0. The van der Waals surface area contributed by atoms with Gasteiger partial charge in [0.25, 0.3) is 0 Å². The van der Waals surface area contributed by atoms with Gasteiger partial charge in [0.2, 0.25) is 0 Å². The average Bonchev–Trinajstić information content (AvgIpc) is 2.71. The fraction of sp³-hybridized carbons (Fsp3) is 0. The Balaban J connectivity index is -0.00000000500. The van der Waals surface area contributed by atoms with Crippen molar-refractivity contribution < 1.29 is 80.7 Å². The molecular formula is C10Fe2O10. The number of hydrogen-bond donors (Lipinski definition) is 0. The fourth-order valence-corrected chi connectivity index (χ4v) is 0. The zero-order chi connectivity index (χ0) is 20.0. The van der Waals surface area contributed by atoms with Crippen molar-refractivity contribution in [3.05, 3.63) is 66.5 Å². The molecule has 0 saturated heterocycles. The summed E-state index contributed by atoms with van der Waals surface area (Å²) in [4.78, 5) is 0. The van der Waals surface area contributed by atoms with E-state index in [1.807, 2.05) is 0 Å². The zero-order valence-electron chi connectivity index (χ0n) is 9.79. The van der Waals surface area contributed by atoms with Gasteiger partial charge in [-0.05, 0) is 0 Å². The van der Waals surface area contributed by atoms with Crippen LogP contribution in [0.15, 0.2) is 0 Å². The van der Waals surface area contributed by atoms with Gasteiger partial charge in [0.1, 0.15) is 0 Å². The van der Waals surface area contributed by atoms with Gasteiger partial charge in [-0.2, -0.15) is 0 Å². The van der Waals surface area contributed by atoms with Gasteiger partial charge in [-0.3, -0.25) is 0 Å². The smallest absolute Gasteiger partial charge is 0 e. The first-order valence-corrected chi connectivity index (χ1v) is 2.04. The summed E-state index contributed by atoms with van der Waals surface area (Å²) in [6.07, 6.45) is 0. The third kappa shape index (κ3) is 2300. The van der Waals surface area contributed by atoms with Crippen LogP contribution in [0.2, 0.25) is 0 Å². The number of rotatable bonds is 0. The third-order valence-electron chi connectivity index (χ3n) is 0. The molecule has 0 heterocycles. The van der Waals surface area contributed by atoms with Gasteiger partial charge in [0, 0.05) is 34.1 Å². The second kappa shape index (κ2) is 2710. The van der Waals surface area contributed by atoms with E-state index in [1.54, 1.807) is 0 Å². The van der Waals surface area contributed by atoms with Crippen molar-refractivity contribution in [2.24, 2.45) is 0 Å². The molecule has 0 N–H and O–H groups in total. The second-order valence-corrected chi connectivity index (χ2v) is 0. The molecule has 0 aliphatic carbocycles. The van der Waals surface area contributed by atoms with Crippen LogP contribution < -0.4 is 0 Å². The van der Waals surface area contributed by atoms with E-state index < -0.39 is 0 Å². The average molecular weight is 392 g/mol. The van der Waals surface area contributed by atoms with Crippen molar-refractivity contribution in [1.29, 1.82) is 0 Å². The molecular weight excluding hydrogens is 392 g/mol. The van der Waals surface area contributed by atoms with Gasteiger partial charge in [-0.15, -0.1) is 0 Å². The summed E-state index contributed by atoms with van der Waals surface area (Å²) in [5.41, 5.74) is 0. The van der Waals surface area contributed by atoms with Crippen LogP contribution in [-0.2, 0) is 80.7 Å². The van der Waals surface area contributed by atoms with Crippen molar-refractivity contribution in [1.82, 2.24) is 0 Å². The summed E-state index contributed by atoms with van der Waals surface area (Å²) in [6, 6.07) is 0. The normalized spacial score (nSPS) is 0.909. The first-order valence-electron chi connectivity index (χ1n) is 2.04. The molecule has 10 nitrogen and oxygen atoms in total. The minimum Gasteiger partial charge on any atom is 0 e. The molecule has 22 heavy (non-hydrogen) atoms. The van der Waals surface area contributed by atoms with Gasteiger partial charge < -0.3 is 0 Å². The fourth-order valence-electron chi connectivity index (χ4n) is 0. The quantitative estimate of drug-likeness (QED) is 0.294. The van der Waals surface area contributed by atoms with E-state index in [0.29, 0.717) is 0 Å². The van der Waals surface area contributed by atoms with E-state index in [4.69, 9.17) is 46.5 Å². The molecule has 0 atom stereocenters. The summed E-state index contributed by atoms with van der Waals surface area (Å²) in [5, 5.41) is 0. The molecule has 0 spiro atoms. The van der Waals surface area contributed by atoms with Crippen molar-refractivity contribution in [2.75, 3.05) is 0 Å².